The molecule has 1 aromatic rings. The minimum atomic E-state index is -0.761. The summed E-state index contributed by atoms with van der Waals surface area (Å²) in [5.74, 6) is 0.876. The fourth-order valence-electron chi connectivity index (χ4n) is 2.97. The molecule has 1 amide bonds. The van der Waals surface area contributed by atoms with E-state index < -0.39 is 11.6 Å². The Morgan fingerprint density at radius 1 is 1.22 bits per heavy atom. The average Bonchev–Trinajstić information content (AvgIpc) is 2.69. The minimum Gasteiger partial charge on any atom is -0.494 e. The third-order valence-electron chi connectivity index (χ3n) is 4.72. The Kier molecular flexibility index (Phi) is 11.3. The quantitative estimate of drug-likeness (QED) is 0.366. The number of carbonyl (C=O) groups is 1. The van der Waals surface area contributed by atoms with Gasteiger partial charge in [-0.3, -0.25) is 0 Å². The molecule has 0 fully saturated rings. The Hall–Kier alpha value is -2.01. The summed E-state index contributed by atoms with van der Waals surface area (Å²) in [6.07, 6.45) is 9.04. The van der Waals surface area contributed by atoms with E-state index in [0.717, 1.165) is 30.8 Å². The lowest BCUT2D eigenvalue weighted by molar-refractivity contribution is 0.121. The minimum absolute atomic E-state index is 0.173. The number of rotatable bonds is 14. The molecule has 0 aliphatic heterocycles. The highest BCUT2D eigenvalue weighted by molar-refractivity contribution is 5.68. The van der Waals surface area contributed by atoms with Crippen LogP contribution >= 0.6 is 0 Å². The van der Waals surface area contributed by atoms with Gasteiger partial charge in [0.25, 0.3) is 0 Å². The maximum atomic E-state index is 11.6. The summed E-state index contributed by atoms with van der Waals surface area (Å²) in [7, 11) is 1.31. The number of ether oxygens (including phenoxy) is 2. The number of aliphatic hydroxyl groups excluding tert-OH is 1. The van der Waals surface area contributed by atoms with Crippen molar-refractivity contribution in [2.75, 3.05) is 20.3 Å². The van der Waals surface area contributed by atoms with Crippen LogP contribution in [0.5, 0.6) is 5.75 Å². The van der Waals surface area contributed by atoms with Gasteiger partial charge >= 0.3 is 6.09 Å². The number of hydrogen-bond acceptors (Lipinski definition) is 4. The van der Waals surface area contributed by atoms with E-state index in [4.69, 9.17) is 4.74 Å². The third kappa shape index (κ3) is 8.96. The highest BCUT2D eigenvalue weighted by atomic mass is 16.5. The van der Waals surface area contributed by atoms with Crippen LogP contribution in [0.15, 0.2) is 36.9 Å². The summed E-state index contributed by atoms with van der Waals surface area (Å²) in [5, 5.41) is 12.6. The van der Waals surface area contributed by atoms with Gasteiger partial charge in [0.1, 0.15) is 5.75 Å². The van der Waals surface area contributed by atoms with Crippen LogP contribution < -0.4 is 10.1 Å². The van der Waals surface area contributed by atoms with Crippen molar-refractivity contribution in [2.45, 2.75) is 63.8 Å². The molecule has 0 bridgehead atoms. The predicted octanol–water partition coefficient (Wildman–Crippen LogP) is 4.63. The van der Waals surface area contributed by atoms with Crippen LogP contribution in [0.2, 0.25) is 0 Å². The number of alkyl carbamates (subject to hydrolysis) is 1. The molecule has 0 radical (unpaired) electrons. The average molecular weight is 378 g/mol. The Bertz CT molecular complexity index is 544. The fraction of sp³-hybridized carbons (Fsp3) is 0.591. The van der Waals surface area contributed by atoms with Crippen LogP contribution in [0.1, 0.15) is 57.4 Å². The molecule has 5 heteroatoms. The van der Waals surface area contributed by atoms with E-state index in [2.05, 4.69) is 23.6 Å². The Balaban J connectivity index is 2.50. The zero-order chi connectivity index (χ0) is 20.0. The molecule has 152 valence electrons. The molecule has 1 unspecified atom stereocenters. The molecule has 0 spiro atoms. The monoisotopic (exact) mass is 377 g/mol. The first-order valence-electron chi connectivity index (χ1n) is 9.88. The highest BCUT2D eigenvalue weighted by Crippen LogP contribution is 2.21. The van der Waals surface area contributed by atoms with E-state index in [-0.39, 0.29) is 6.61 Å². The van der Waals surface area contributed by atoms with Crippen LogP contribution in [0.25, 0.3) is 0 Å². The number of aryl methyl sites for hydroxylation is 1. The molecular weight excluding hydrogens is 342 g/mol. The molecule has 0 aliphatic rings. The van der Waals surface area contributed by atoms with Crippen molar-refractivity contribution in [1.29, 1.82) is 0 Å². The molecule has 5 nitrogen and oxygen atoms in total. The van der Waals surface area contributed by atoms with Gasteiger partial charge in [-0.2, -0.15) is 0 Å². The number of benzene rings is 1. The first-order valence-corrected chi connectivity index (χ1v) is 9.88. The third-order valence-corrected chi connectivity index (χ3v) is 4.72. The first-order chi connectivity index (χ1) is 13.1. The van der Waals surface area contributed by atoms with Gasteiger partial charge < -0.3 is 19.9 Å². The van der Waals surface area contributed by atoms with Gasteiger partial charge in [0.05, 0.1) is 25.9 Å². The molecule has 0 aromatic heterocycles. The topological polar surface area (TPSA) is 67.8 Å². The highest BCUT2D eigenvalue weighted by Gasteiger charge is 2.30. The molecule has 0 heterocycles. The lowest BCUT2D eigenvalue weighted by atomic mass is 9.88. The summed E-state index contributed by atoms with van der Waals surface area (Å²) in [6, 6.07) is 8.01. The number of unbranched alkanes of at least 4 members (excludes halogenated alkanes) is 4. The summed E-state index contributed by atoms with van der Waals surface area (Å²) in [6.45, 7) is 6.51. The van der Waals surface area contributed by atoms with Crippen molar-refractivity contribution in [1.82, 2.24) is 5.32 Å². The largest absolute Gasteiger partial charge is 0.494 e. The first kappa shape index (κ1) is 23.0. The van der Waals surface area contributed by atoms with E-state index in [9.17, 15) is 9.90 Å². The van der Waals surface area contributed by atoms with Crippen molar-refractivity contribution >= 4 is 6.09 Å². The smallest absolute Gasteiger partial charge is 0.407 e. The standard InChI is InChI=1S/C22H35NO4/c1-4-6-7-8-9-17-27-20-12-10-19(11-13-20)14-16-22(18-24,15-5-2)23-21(25)26-3/h5,10-13,24H,2,4,6-9,14-18H2,1,3H3,(H,23,25). The maximum absolute atomic E-state index is 11.6. The van der Waals surface area contributed by atoms with Gasteiger partial charge in [-0.15, -0.1) is 6.58 Å². The number of nitrogens with one attached hydrogen (secondary N) is 1. The van der Waals surface area contributed by atoms with Crippen LogP contribution in [0.4, 0.5) is 4.79 Å². The van der Waals surface area contributed by atoms with Crippen molar-refractivity contribution in [3.8, 4) is 5.75 Å². The van der Waals surface area contributed by atoms with Crippen molar-refractivity contribution < 1.29 is 19.4 Å². The molecule has 1 aromatic carbocycles. The number of aliphatic hydroxyl groups is 1. The fourth-order valence-corrected chi connectivity index (χ4v) is 2.97. The van der Waals surface area contributed by atoms with Crippen molar-refractivity contribution in [3.05, 3.63) is 42.5 Å². The number of carbonyl (C=O) groups excluding carboxylic acids is 1. The Morgan fingerprint density at radius 3 is 2.52 bits per heavy atom. The second-order valence-corrected chi connectivity index (χ2v) is 6.95. The predicted molar refractivity (Wildman–Crippen MR) is 109 cm³/mol. The molecule has 1 atom stereocenters. The van der Waals surface area contributed by atoms with Gasteiger partial charge in [-0.05, 0) is 43.4 Å². The van der Waals surface area contributed by atoms with Crippen LogP contribution in [-0.2, 0) is 11.2 Å². The van der Waals surface area contributed by atoms with Crippen LogP contribution in [0, 0.1) is 0 Å². The SMILES string of the molecule is C=CCC(CO)(CCc1ccc(OCCCCCCC)cc1)NC(=O)OC. The van der Waals surface area contributed by atoms with Crippen LogP contribution in [0.3, 0.4) is 0 Å². The molecule has 27 heavy (non-hydrogen) atoms. The summed E-state index contributed by atoms with van der Waals surface area (Å²) < 4.78 is 10.5. The Labute approximate surface area is 163 Å². The second-order valence-electron chi connectivity index (χ2n) is 6.95. The summed E-state index contributed by atoms with van der Waals surface area (Å²) in [5.41, 5.74) is 0.363. The van der Waals surface area contributed by atoms with Gasteiger partial charge in [0.2, 0.25) is 0 Å². The number of methoxy groups -OCH3 is 1. The van der Waals surface area contributed by atoms with E-state index in [1.165, 1.54) is 32.8 Å². The molecule has 0 saturated heterocycles. The maximum Gasteiger partial charge on any atom is 0.407 e. The summed E-state index contributed by atoms with van der Waals surface area (Å²) in [4.78, 5) is 11.6. The number of hydrogen-bond donors (Lipinski definition) is 2. The van der Waals surface area contributed by atoms with Gasteiger partial charge in [0, 0.05) is 0 Å². The lowest BCUT2D eigenvalue weighted by Gasteiger charge is -2.31. The van der Waals surface area contributed by atoms with E-state index >= 15 is 0 Å². The molecule has 2 N–H and O–H groups in total. The summed E-state index contributed by atoms with van der Waals surface area (Å²) >= 11 is 0. The lowest BCUT2D eigenvalue weighted by Crippen LogP contribution is -2.51. The molecule has 1 rings (SSSR count). The normalized spacial score (nSPS) is 12.9. The van der Waals surface area contributed by atoms with E-state index in [1.807, 2.05) is 24.3 Å². The van der Waals surface area contributed by atoms with Gasteiger partial charge in [-0.25, -0.2) is 4.79 Å². The molecular formula is C22H35NO4. The zero-order valence-corrected chi connectivity index (χ0v) is 16.8. The van der Waals surface area contributed by atoms with Gasteiger partial charge in [-0.1, -0.05) is 50.8 Å². The van der Waals surface area contributed by atoms with Gasteiger partial charge in [0.15, 0.2) is 0 Å². The van der Waals surface area contributed by atoms with E-state index in [0.29, 0.717) is 12.8 Å². The number of amides is 1. The van der Waals surface area contributed by atoms with E-state index in [1.54, 1.807) is 6.08 Å². The van der Waals surface area contributed by atoms with Crippen LogP contribution in [-0.4, -0.2) is 37.1 Å². The zero-order valence-electron chi connectivity index (χ0n) is 16.8. The Morgan fingerprint density at radius 2 is 1.93 bits per heavy atom. The van der Waals surface area contributed by atoms with Crippen molar-refractivity contribution in [3.63, 3.8) is 0 Å². The second kappa shape index (κ2) is 13.2. The molecule has 0 saturated carbocycles. The van der Waals surface area contributed by atoms with Crippen molar-refractivity contribution in [2.24, 2.45) is 0 Å². The molecule has 0 aliphatic carbocycles.